The second-order valence-electron chi connectivity index (χ2n) is 5.89. The van der Waals surface area contributed by atoms with Crippen LogP contribution in [-0.4, -0.2) is 28.5 Å². The number of nitrogens with one attached hydrogen (secondary N) is 1. The Balaban J connectivity index is 2.04. The molecular weight excluding hydrogens is 246 g/mol. The van der Waals surface area contributed by atoms with Gasteiger partial charge in [-0.25, -0.2) is 4.39 Å². The Labute approximate surface area is 111 Å². The van der Waals surface area contributed by atoms with Crippen molar-refractivity contribution in [2.75, 3.05) is 0 Å². The van der Waals surface area contributed by atoms with Crippen LogP contribution >= 0.6 is 0 Å². The molecule has 0 atom stereocenters. The molecule has 1 aromatic heterocycles. The summed E-state index contributed by atoms with van der Waals surface area (Å²) in [6, 6.07) is 3.46. The van der Waals surface area contributed by atoms with Crippen LogP contribution in [0.3, 0.4) is 0 Å². The molecule has 0 spiro atoms. The van der Waals surface area contributed by atoms with Crippen molar-refractivity contribution < 1.29 is 13.7 Å². The number of hydrogen-bond acceptors (Lipinski definition) is 3. The van der Waals surface area contributed by atoms with E-state index in [1.807, 2.05) is 27.7 Å². The molecule has 1 fully saturated rings. The van der Waals surface area contributed by atoms with Crippen molar-refractivity contribution >= 4 is 23.5 Å². The molecule has 1 saturated heterocycles. The lowest BCUT2D eigenvalue weighted by molar-refractivity contribution is 0.00578. The second kappa shape index (κ2) is 3.80. The summed E-state index contributed by atoms with van der Waals surface area (Å²) in [4.78, 5) is 0. The van der Waals surface area contributed by atoms with Crippen LogP contribution in [-0.2, 0) is 9.31 Å². The third-order valence-electron chi connectivity index (χ3n) is 4.10. The van der Waals surface area contributed by atoms with Gasteiger partial charge in [0.15, 0.2) is 0 Å². The summed E-state index contributed by atoms with van der Waals surface area (Å²) in [5.41, 5.74) is 0.121. The molecule has 2 aromatic rings. The first-order valence-corrected chi connectivity index (χ1v) is 6.29. The fourth-order valence-electron chi connectivity index (χ4n) is 2.15. The van der Waals surface area contributed by atoms with E-state index < -0.39 is 18.3 Å². The molecule has 0 saturated carbocycles. The van der Waals surface area contributed by atoms with E-state index in [-0.39, 0.29) is 5.82 Å². The fourth-order valence-corrected chi connectivity index (χ4v) is 2.15. The summed E-state index contributed by atoms with van der Waals surface area (Å²) in [6.07, 6.45) is 1.47. The standard InChI is InChI=1S/C13H16BFN2O2/c1-12(2)13(3,4)19-14(18-12)9-5-6-10-8(11(9)15)7-16-17-10/h5-7H,1-4H3,(H,16,17). The SMILES string of the molecule is CC1(C)OB(c2ccc3[nH]ncc3c2F)OC1(C)C. The zero-order valence-corrected chi connectivity index (χ0v) is 11.5. The van der Waals surface area contributed by atoms with Crippen LogP contribution in [0.1, 0.15) is 27.7 Å². The lowest BCUT2D eigenvalue weighted by Gasteiger charge is -2.32. The van der Waals surface area contributed by atoms with Crippen LogP contribution in [0.5, 0.6) is 0 Å². The first-order chi connectivity index (χ1) is 8.82. The second-order valence-corrected chi connectivity index (χ2v) is 5.89. The van der Waals surface area contributed by atoms with Gasteiger partial charge in [-0.05, 0) is 33.8 Å². The predicted molar refractivity (Wildman–Crippen MR) is 71.8 cm³/mol. The van der Waals surface area contributed by atoms with E-state index in [4.69, 9.17) is 9.31 Å². The number of aromatic nitrogens is 2. The number of aromatic amines is 1. The van der Waals surface area contributed by atoms with E-state index in [1.54, 1.807) is 12.1 Å². The summed E-state index contributed by atoms with van der Waals surface area (Å²) in [5.74, 6) is -0.343. The largest absolute Gasteiger partial charge is 0.497 e. The monoisotopic (exact) mass is 262 g/mol. The Morgan fingerprint density at radius 2 is 1.79 bits per heavy atom. The quantitative estimate of drug-likeness (QED) is 0.799. The smallest absolute Gasteiger partial charge is 0.399 e. The van der Waals surface area contributed by atoms with Crippen molar-refractivity contribution in [1.82, 2.24) is 10.2 Å². The molecule has 1 N–H and O–H groups in total. The van der Waals surface area contributed by atoms with Crippen molar-refractivity contribution in [2.24, 2.45) is 0 Å². The zero-order valence-electron chi connectivity index (χ0n) is 11.5. The molecule has 0 bridgehead atoms. The topological polar surface area (TPSA) is 47.1 Å². The maximum Gasteiger partial charge on any atom is 0.497 e. The molecule has 1 aliphatic heterocycles. The lowest BCUT2D eigenvalue weighted by atomic mass is 9.78. The first kappa shape index (κ1) is 12.6. The van der Waals surface area contributed by atoms with Crippen LogP contribution in [0.25, 0.3) is 10.9 Å². The van der Waals surface area contributed by atoms with E-state index in [9.17, 15) is 4.39 Å². The molecule has 0 amide bonds. The lowest BCUT2D eigenvalue weighted by Crippen LogP contribution is -2.41. The molecule has 4 nitrogen and oxygen atoms in total. The number of halogens is 1. The molecule has 0 unspecified atom stereocenters. The number of hydrogen-bond donors (Lipinski definition) is 1. The average Bonchev–Trinajstić information content (AvgIpc) is 2.83. The molecule has 6 heteroatoms. The minimum atomic E-state index is -0.690. The van der Waals surface area contributed by atoms with Gasteiger partial charge in [0.05, 0.1) is 28.3 Å². The Morgan fingerprint density at radius 1 is 1.16 bits per heavy atom. The van der Waals surface area contributed by atoms with E-state index in [1.165, 1.54) is 6.20 Å². The number of rotatable bonds is 1. The van der Waals surface area contributed by atoms with Crippen molar-refractivity contribution in [3.05, 3.63) is 24.1 Å². The van der Waals surface area contributed by atoms with Gasteiger partial charge in [0, 0.05) is 5.46 Å². The highest BCUT2D eigenvalue weighted by Gasteiger charge is 2.52. The number of nitrogens with zero attached hydrogens (tertiary/aromatic N) is 1. The zero-order chi connectivity index (χ0) is 13.8. The van der Waals surface area contributed by atoms with Crippen LogP contribution in [0.4, 0.5) is 4.39 Å². The third-order valence-corrected chi connectivity index (χ3v) is 4.10. The third kappa shape index (κ3) is 1.78. The molecule has 100 valence electrons. The summed E-state index contributed by atoms with van der Waals surface area (Å²) in [7, 11) is -0.690. The minimum absolute atomic E-state index is 0.343. The van der Waals surface area contributed by atoms with Gasteiger partial charge < -0.3 is 9.31 Å². The van der Waals surface area contributed by atoms with Crippen molar-refractivity contribution in [3.8, 4) is 0 Å². The highest BCUT2D eigenvalue weighted by Crippen LogP contribution is 2.36. The van der Waals surface area contributed by atoms with E-state index in [0.717, 1.165) is 0 Å². The first-order valence-electron chi connectivity index (χ1n) is 6.29. The van der Waals surface area contributed by atoms with Gasteiger partial charge in [0.1, 0.15) is 5.82 Å². The van der Waals surface area contributed by atoms with Gasteiger partial charge in [0.25, 0.3) is 0 Å². The Morgan fingerprint density at radius 3 is 2.42 bits per heavy atom. The summed E-state index contributed by atoms with van der Waals surface area (Å²) in [6.45, 7) is 7.78. The predicted octanol–water partition coefficient (Wildman–Crippen LogP) is 2.00. The number of fused-ring (bicyclic) bond motifs is 1. The van der Waals surface area contributed by atoms with Gasteiger partial charge in [-0.1, -0.05) is 6.07 Å². The van der Waals surface area contributed by atoms with Gasteiger partial charge in [-0.15, -0.1) is 0 Å². The Hall–Kier alpha value is -1.40. The van der Waals surface area contributed by atoms with Crippen LogP contribution in [0.2, 0.25) is 0 Å². The Kier molecular flexibility index (Phi) is 2.53. The van der Waals surface area contributed by atoms with Crippen molar-refractivity contribution in [3.63, 3.8) is 0 Å². The van der Waals surface area contributed by atoms with Gasteiger partial charge in [-0.2, -0.15) is 5.10 Å². The normalized spacial score (nSPS) is 21.2. The van der Waals surface area contributed by atoms with Crippen LogP contribution < -0.4 is 5.46 Å². The number of benzene rings is 1. The molecule has 19 heavy (non-hydrogen) atoms. The van der Waals surface area contributed by atoms with E-state index >= 15 is 0 Å². The molecule has 1 aromatic carbocycles. The van der Waals surface area contributed by atoms with E-state index in [2.05, 4.69) is 10.2 Å². The minimum Gasteiger partial charge on any atom is -0.399 e. The maximum absolute atomic E-state index is 14.4. The molecule has 1 aliphatic rings. The van der Waals surface area contributed by atoms with Gasteiger partial charge >= 0.3 is 7.12 Å². The van der Waals surface area contributed by atoms with Crippen molar-refractivity contribution in [1.29, 1.82) is 0 Å². The van der Waals surface area contributed by atoms with Crippen molar-refractivity contribution in [2.45, 2.75) is 38.9 Å². The molecule has 3 rings (SSSR count). The van der Waals surface area contributed by atoms with Gasteiger partial charge in [-0.3, -0.25) is 5.10 Å². The maximum atomic E-state index is 14.4. The molecule has 2 heterocycles. The van der Waals surface area contributed by atoms with E-state index in [0.29, 0.717) is 16.4 Å². The highest BCUT2D eigenvalue weighted by atomic mass is 19.1. The van der Waals surface area contributed by atoms with Crippen LogP contribution in [0.15, 0.2) is 18.3 Å². The number of H-pyrrole nitrogens is 1. The van der Waals surface area contributed by atoms with Gasteiger partial charge in [0.2, 0.25) is 0 Å². The molecular formula is C13H16BFN2O2. The van der Waals surface area contributed by atoms with Crippen LogP contribution in [0, 0.1) is 5.82 Å². The average molecular weight is 262 g/mol. The summed E-state index contributed by atoms with van der Waals surface area (Å²) < 4.78 is 26.2. The molecule has 0 radical (unpaired) electrons. The summed E-state index contributed by atoms with van der Waals surface area (Å²) in [5, 5.41) is 7.03. The fraction of sp³-hybridized carbons (Fsp3) is 0.462. The summed E-state index contributed by atoms with van der Waals surface area (Å²) >= 11 is 0. The molecule has 0 aliphatic carbocycles. The highest BCUT2D eigenvalue weighted by molar-refractivity contribution is 6.62. The Bertz CT molecular complexity index is 623.